The standard InChI is InChI=1S/C12H9BrFNO3/c1-5-3-7(14)11(13)10(6(5)2)8-4-9(12(16)17)18-15-8/h3-4H,1-2H3,(H,16,17). The van der Waals surface area contributed by atoms with E-state index in [0.29, 0.717) is 11.3 Å². The highest BCUT2D eigenvalue weighted by Crippen LogP contribution is 2.34. The van der Waals surface area contributed by atoms with Gasteiger partial charge in [0.1, 0.15) is 11.5 Å². The first-order chi connectivity index (χ1) is 8.41. The van der Waals surface area contributed by atoms with Crippen molar-refractivity contribution in [1.82, 2.24) is 5.16 Å². The predicted octanol–water partition coefficient (Wildman–Crippen LogP) is 3.56. The molecule has 1 heterocycles. The van der Waals surface area contributed by atoms with E-state index in [1.165, 1.54) is 12.1 Å². The fourth-order valence-corrected chi connectivity index (χ4v) is 2.26. The first-order valence-electron chi connectivity index (χ1n) is 5.07. The molecule has 4 nitrogen and oxygen atoms in total. The number of rotatable bonds is 2. The lowest BCUT2D eigenvalue weighted by Gasteiger charge is -2.09. The summed E-state index contributed by atoms with van der Waals surface area (Å²) in [7, 11) is 0. The Kier molecular flexibility index (Phi) is 3.21. The Bertz CT molecular complexity index is 610. The van der Waals surface area contributed by atoms with Gasteiger partial charge < -0.3 is 9.63 Å². The normalized spacial score (nSPS) is 10.7. The van der Waals surface area contributed by atoms with Gasteiger partial charge in [0.25, 0.3) is 0 Å². The number of carboxylic acids is 1. The molecule has 0 fully saturated rings. The van der Waals surface area contributed by atoms with Gasteiger partial charge in [-0.15, -0.1) is 0 Å². The van der Waals surface area contributed by atoms with Gasteiger partial charge in [-0.3, -0.25) is 0 Å². The van der Waals surface area contributed by atoms with Crippen LogP contribution in [-0.4, -0.2) is 16.2 Å². The molecule has 1 aromatic carbocycles. The molecule has 6 heteroatoms. The summed E-state index contributed by atoms with van der Waals surface area (Å²) in [6, 6.07) is 2.68. The summed E-state index contributed by atoms with van der Waals surface area (Å²) in [4.78, 5) is 10.7. The molecular weight excluding hydrogens is 305 g/mol. The van der Waals surface area contributed by atoms with E-state index < -0.39 is 11.8 Å². The Balaban J connectivity index is 2.66. The Morgan fingerprint density at radius 1 is 1.44 bits per heavy atom. The van der Waals surface area contributed by atoms with Gasteiger partial charge >= 0.3 is 5.97 Å². The third kappa shape index (κ3) is 2.03. The molecule has 0 bridgehead atoms. The van der Waals surface area contributed by atoms with E-state index in [1.807, 2.05) is 6.92 Å². The maximum absolute atomic E-state index is 13.6. The second-order valence-corrected chi connectivity index (χ2v) is 4.66. The highest BCUT2D eigenvalue weighted by atomic mass is 79.9. The first kappa shape index (κ1) is 12.8. The topological polar surface area (TPSA) is 63.3 Å². The van der Waals surface area contributed by atoms with E-state index in [4.69, 9.17) is 5.11 Å². The van der Waals surface area contributed by atoms with Gasteiger partial charge in [0.05, 0.1) is 4.47 Å². The Morgan fingerprint density at radius 2 is 2.11 bits per heavy atom. The molecule has 0 spiro atoms. The minimum absolute atomic E-state index is 0.246. The van der Waals surface area contributed by atoms with E-state index in [9.17, 15) is 9.18 Å². The Hall–Kier alpha value is -1.69. The SMILES string of the molecule is Cc1cc(F)c(Br)c(-c2cc(C(=O)O)on2)c1C. The minimum Gasteiger partial charge on any atom is -0.475 e. The van der Waals surface area contributed by atoms with Crippen molar-refractivity contribution in [3.63, 3.8) is 0 Å². The van der Waals surface area contributed by atoms with Gasteiger partial charge in [-0.05, 0) is 47.0 Å². The van der Waals surface area contributed by atoms with Crippen LogP contribution in [0.5, 0.6) is 0 Å². The summed E-state index contributed by atoms with van der Waals surface area (Å²) >= 11 is 3.14. The second kappa shape index (κ2) is 4.53. The number of nitrogens with zero attached hydrogens (tertiary/aromatic N) is 1. The van der Waals surface area contributed by atoms with Crippen LogP contribution < -0.4 is 0 Å². The Labute approximate surface area is 111 Å². The number of carbonyl (C=O) groups is 1. The second-order valence-electron chi connectivity index (χ2n) is 3.87. The zero-order valence-corrected chi connectivity index (χ0v) is 11.2. The van der Waals surface area contributed by atoms with Crippen molar-refractivity contribution in [2.75, 3.05) is 0 Å². The number of benzene rings is 1. The molecule has 0 aliphatic carbocycles. The van der Waals surface area contributed by atoms with Crippen LogP contribution in [0.25, 0.3) is 11.3 Å². The van der Waals surface area contributed by atoms with Crippen molar-refractivity contribution in [2.24, 2.45) is 0 Å². The lowest BCUT2D eigenvalue weighted by molar-refractivity contribution is 0.0652. The summed E-state index contributed by atoms with van der Waals surface area (Å²) in [5.74, 6) is -1.91. The van der Waals surface area contributed by atoms with Crippen LogP contribution in [0.4, 0.5) is 4.39 Å². The van der Waals surface area contributed by atoms with E-state index >= 15 is 0 Å². The van der Waals surface area contributed by atoms with Crippen LogP contribution in [0.2, 0.25) is 0 Å². The average Bonchev–Trinajstić information content (AvgIpc) is 2.76. The van der Waals surface area contributed by atoms with Gasteiger partial charge in [0.2, 0.25) is 5.76 Å². The van der Waals surface area contributed by atoms with Gasteiger partial charge in [0, 0.05) is 11.6 Å². The lowest BCUT2D eigenvalue weighted by atomic mass is 10.0. The molecule has 0 aliphatic heterocycles. The van der Waals surface area contributed by atoms with Crippen molar-refractivity contribution in [3.05, 3.63) is 39.3 Å². The third-order valence-electron chi connectivity index (χ3n) is 2.72. The predicted molar refractivity (Wildman–Crippen MR) is 66.0 cm³/mol. The molecule has 1 aromatic heterocycles. The maximum atomic E-state index is 13.6. The Morgan fingerprint density at radius 3 is 2.67 bits per heavy atom. The summed E-state index contributed by atoms with van der Waals surface area (Å²) in [5, 5.41) is 12.4. The lowest BCUT2D eigenvalue weighted by Crippen LogP contribution is -1.94. The fraction of sp³-hybridized carbons (Fsp3) is 0.167. The van der Waals surface area contributed by atoms with Gasteiger partial charge in [0.15, 0.2) is 0 Å². The fourth-order valence-electron chi connectivity index (χ4n) is 1.64. The number of aromatic nitrogens is 1. The van der Waals surface area contributed by atoms with Crippen LogP contribution in [0.3, 0.4) is 0 Å². The number of carboxylic acid groups (broad SMARTS) is 1. The maximum Gasteiger partial charge on any atom is 0.374 e. The molecule has 2 rings (SSSR count). The summed E-state index contributed by atoms with van der Waals surface area (Å²) in [6.07, 6.45) is 0. The molecule has 0 saturated carbocycles. The van der Waals surface area contributed by atoms with Crippen molar-refractivity contribution in [3.8, 4) is 11.3 Å². The average molecular weight is 314 g/mol. The van der Waals surface area contributed by atoms with Crippen LogP contribution in [-0.2, 0) is 0 Å². The molecule has 0 radical (unpaired) electrons. The van der Waals surface area contributed by atoms with Gasteiger partial charge in [-0.2, -0.15) is 0 Å². The quantitative estimate of drug-likeness (QED) is 0.920. The van der Waals surface area contributed by atoms with Crippen LogP contribution >= 0.6 is 15.9 Å². The molecule has 0 atom stereocenters. The third-order valence-corrected chi connectivity index (χ3v) is 3.49. The molecule has 2 aromatic rings. The van der Waals surface area contributed by atoms with Crippen LogP contribution in [0, 0.1) is 19.7 Å². The molecule has 1 N–H and O–H groups in total. The zero-order valence-electron chi connectivity index (χ0n) is 9.62. The monoisotopic (exact) mass is 313 g/mol. The number of hydrogen-bond donors (Lipinski definition) is 1. The smallest absolute Gasteiger partial charge is 0.374 e. The summed E-state index contributed by atoms with van der Waals surface area (Å²) < 4.78 is 18.6. The summed E-state index contributed by atoms with van der Waals surface area (Å²) in [6.45, 7) is 3.58. The molecule has 94 valence electrons. The van der Waals surface area contributed by atoms with Gasteiger partial charge in [-0.25, -0.2) is 9.18 Å². The van der Waals surface area contributed by atoms with E-state index in [-0.39, 0.29) is 10.2 Å². The van der Waals surface area contributed by atoms with Crippen LogP contribution in [0.1, 0.15) is 21.7 Å². The minimum atomic E-state index is -1.21. The molecule has 18 heavy (non-hydrogen) atoms. The van der Waals surface area contributed by atoms with Crippen molar-refractivity contribution in [2.45, 2.75) is 13.8 Å². The number of halogens is 2. The molecule has 0 unspecified atom stereocenters. The van der Waals surface area contributed by atoms with Gasteiger partial charge in [-0.1, -0.05) is 5.16 Å². The largest absolute Gasteiger partial charge is 0.475 e. The molecule has 0 saturated heterocycles. The van der Waals surface area contributed by atoms with Crippen molar-refractivity contribution in [1.29, 1.82) is 0 Å². The van der Waals surface area contributed by atoms with Crippen molar-refractivity contribution < 1.29 is 18.8 Å². The molecular formula is C12H9BrFNO3. The summed E-state index contributed by atoms with van der Waals surface area (Å²) in [5.41, 5.74) is 2.36. The number of aryl methyl sites for hydroxylation is 1. The van der Waals surface area contributed by atoms with Crippen molar-refractivity contribution >= 4 is 21.9 Å². The number of hydrogen-bond acceptors (Lipinski definition) is 3. The molecule has 0 aliphatic rings. The highest BCUT2D eigenvalue weighted by Gasteiger charge is 2.19. The number of aromatic carboxylic acids is 1. The highest BCUT2D eigenvalue weighted by molar-refractivity contribution is 9.10. The van der Waals surface area contributed by atoms with E-state index in [2.05, 4.69) is 25.6 Å². The molecule has 0 amide bonds. The zero-order chi connectivity index (χ0) is 13.4. The van der Waals surface area contributed by atoms with E-state index in [0.717, 1.165) is 11.1 Å². The first-order valence-corrected chi connectivity index (χ1v) is 5.86. The van der Waals surface area contributed by atoms with E-state index in [1.54, 1.807) is 6.92 Å². The van der Waals surface area contributed by atoms with Crippen LogP contribution in [0.15, 0.2) is 21.1 Å².